The highest BCUT2D eigenvalue weighted by molar-refractivity contribution is 7.27. The van der Waals surface area contributed by atoms with E-state index in [4.69, 9.17) is 10.5 Å². The second-order valence-electron chi connectivity index (χ2n) is 4.05. The number of nitrogens with two attached hydrogens (primary N) is 1. The van der Waals surface area contributed by atoms with Crippen LogP contribution in [-0.4, -0.2) is 7.11 Å². The molecule has 1 aromatic carbocycles. The molecule has 0 fully saturated rings. The molecule has 0 spiro atoms. The second kappa shape index (κ2) is 4.72. The molecule has 0 saturated carbocycles. The smallest absolute Gasteiger partial charge is 0.119 e. The number of benzene rings is 1. The summed E-state index contributed by atoms with van der Waals surface area (Å²) in [7, 11) is 1.67. The maximum Gasteiger partial charge on any atom is 0.119 e. The lowest BCUT2D eigenvalue weighted by molar-refractivity contribution is 0.414. The van der Waals surface area contributed by atoms with Crippen LogP contribution >= 0.6 is 22.7 Å². The minimum absolute atomic E-state index is 0.0790. The van der Waals surface area contributed by atoms with Gasteiger partial charge in [-0.05, 0) is 35.2 Å². The van der Waals surface area contributed by atoms with Gasteiger partial charge >= 0.3 is 0 Å². The predicted octanol–water partition coefficient (Wildman–Crippen LogP) is 4.02. The van der Waals surface area contributed by atoms with Crippen LogP contribution in [0.3, 0.4) is 0 Å². The van der Waals surface area contributed by atoms with Crippen molar-refractivity contribution in [1.29, 1.82) is 0 Å². The topological polar surface area (TPSA) is 35.2 Å². The van der Waals surface area contributed by atoms with Gasteiger partial charge in [-0.3, -0.25) is 0 Å². The first-order chi connectivity index (χ1) is 8.78. The molecule has 4 heteroatoms. The van der Waals surface area contributed by atoms with Gasteiger partial charge in [0, 0.05) is 14.3 Å². The quantitative estimate of drug-likeness (QED) is 0.783. The summed E-state index contributed by atoms with van der Waals surface area (Å²) in [6.07, 6.45) is 0. The first-order valence-electron chi connectivity index (χ1n) is 5.64. The van der Waals surface area contributed by atoms with Gasteiger partial charge in [0.25, 0.3) is 0 Å². The van der Waals surface area contributed by atoms with Crippen LogP contribution in [-0.2, 0) is 0 Å². The lowest BCUT2D eigenvalue weighted by atomic mass is 10.1. The van der Waals surface area contributed by atoms with Crippen molar-refractivity contribution >= 4 is 32.1 Å². The van der Waals surface area contributed by atoms with E-state index >= 15 is 0 Å². The Morgan fingerprint density at radius 1 is 1.17 bits per heavy atom. The standard InChI is InChI=1S/C14H13NOS2/c1-16-10-4-2-3-9(7-10)14(15)13-8-12-11(18-13)5-6-17-12/h2-8,14H,15H2,1H3. The number of fused-ring (bicyclic) bond motifs is 1. The Bertz CT molecular complexity index is 643. The number of rotatable bonds is 3. The molecule has 2 N–H and O–H groups in total. The second-order valence-corrected chi connectivity index (χ2v) is 6.12. The number of ether oxygens (including phenoxy) is 1. The zero-order valence-electron chi connectivity index (χ0n) is 9.92. The molecule has 2 nitrogen and oxygen atoms in total. The van der Waals surface area contributed by atoms with Gasteiger partial charge in [0.2, 0.25) is 0 Å². The first kappa shape index (κ1) is 11.7. The Morgan fingerprint density at radius 2 is 2.06 bits per heavy atom. The predicted molar refractivity (Wildman–Crippen MR) is 78.7 cm³/mol. The van der Waals surface area contributed by atoms with E-state index in [1.54, 1.807) is 29.8 Å². The molecule has 2 heterocycles. The van der Waals surface area contributed by atoms with Crippen molar-refractivity contribution in [3.63, 3.8) is 0 Å². The zero-order valence-corrected chi connectivity index (χ0v) is 11.6. The van der Waals surface area contributed by atoms with E-state index in [9.17, 15) is 0 Å². The zero-order chi connectivity index (χ0) is 12.5. The summed E-state index contributed by atoms with van der Waals surface area (Å²) in [6.45, 7) is 0. The lowest BCUT2D eigenvalue weighted by Gasteiger charge is -2.11. The molecule has 0 aliphatic heterocycles. The highest BCUT2D eigenvalue weighted by atomic mass is 32.1. The van der Waals surface area contributed by atoms with E-state index < -0.39 is 0 Å². The third-order valence-electron chi connectivity index (χ3n) is 2.92. The number of methoxy groups -OCH3 is 1. The molecule has 0 amide bonds. The number of hydrogen-bond acceptors (Lipinski definition) is 4. The van der Waals surface area contributed by atoms with Gasteiger partial charge in [0.05, 0.1) is 13.2 Å². The highest BCUT2D eigenvalue weighted by Crippen LogP contribution is 2.35. The Labute approximate surface area is 114 Å². The van der Waals surface area contributed by atoms with Crippen LogP contribution < -0.4 is 10.5 Å². The monoisotopic (exact) mass is 275 g/mol. The Kier molecular flexibility index (Phi) is 3.07. The Hall–Kier alpha value is -1.36. The fourth-order valence-corrected chi connectivity index (χ4v) is 4.09. The molecular formula is C14H13NOS2. The van der Waals surface area contributed by atoms with Crippen LogP contribution in [0.4, 0.5) is 0 Å². The first-order valence-corrected chi connectivity index (χ1v) is 7.34. The van der Waals surface area contributed by atoms with Gasteiger partial charge in [-0.15, -0.1) is 22.7 Å². The van der Waals surface area contributed by atoms with Crippen LogP contribution in [0, 0.1) is 0 Å². The summed E-state index contributed by atoms with van der Waals surface area (Å²) in [5.41, 5.74) is 7.41. The van der Waals surface area contributed by atoms with Crippen molar-refractivity contribution in [2.24, 2.45) is 5.73 Å². The van der Waals surface area contributed by atoms with E-state index in [0.29, 0.717) is 0 Å². The lowest BCUT2D eigenvalue weighted by Crippen LogP contribution is -2.10. The molecule has 3 aromatic rings. The molecule has 0 aliphatic rings. The Balaban J connectivity index is 1.97. The SMILES string of the molecule is COc1cccc(C(N)c2cc3sccc3s2)c1. The van der Waals surface area contributed by atoms with Gasteiger partial charge in [-0.1, -0.05) is 12.1 Å². The minimum Gasteiger partial charge on any atom is -0.497 e. The van der Waals surface area contributed by atoms with Crippen molar-refractivity contribution in [2.75, 3.05) is 7.11 Å². The molecule has 0 bridgehead atoms. The van der Waals surface area contributed by atoms with Crippen LogP contribution in [0.15, 0.2) is 41.8 Å². The number of thiophene rings is 2. The maximum atomic E-state index is 6.32. The average molecular weight is 275 g/mol. The van der Waals surface area contributed by atoms with Crippen LogP contribution in [0.1, 0.15) is 16.5 Å². The molecule has 18 heavy (non-hydrogen) atoms. The van der Waals surface area contributed by atoms with Crippen molar-refractivity contribution in [3.05, 3.63) is 52.2 Å². The Morgan fingerprint density at radius 3 is 2.83 bits per heavy atom. The van der Waals surface area contributed by atoms with E-state index in [-0.39, 0.29) is 6.04 Å². The summed E-state index contributed by atoms with van der Waals surface area (Å²) >= 11 is 3.52. The van der Waals surface area contributed by atoms with Gasteiger partial charge < -0.3 is 10.5 Å². The van der Waals surface area contributed by atoms with Gasteiger partial charge in [0.1, 0.15) is 5.75 Å². The van der Waals surface area contributed by atoms with Crippen LogP contribution in [0.2, 0.25) is 0 Å². The molecule has 2 aromatic heterocycles. The summed E-state index contributed by atoms with van der Waals surface area (Å²) in [6, 6.07) is 12.2. The highest BCUT2D eigenvalue weighted by Gasteiger charge is 2.13. The van der Waals surface area contributed by atoms with Crippen molar-refractivity contribution in [3.8, 4) is 5.75 Å². The molecule has 0 aliphatic carbocycles. The third kappa shape index (κ3) is 2.03. The van der Waals surface area contributed by atoms with Crippen molar-refractivity contribution in [1.82, 2.24) is 0 Å². The number of hydrogen-bond donors (Lipinski definition) is 1. The largest absolute Gasteiger partial charge is 0.497 e. The molecule has 0 radical (unpaired) electrons. The average Bonchev–Trinajstić information content (AvgIpc) is 2.98. The summed E-state index contributed by atoms with van der Waals surface area (Å²) in [5, 5.41) is 2.11. The minimum atomic E-state index is -0.0790. The fourth-order valence-electron chi connectivity index (χ4n) is 1.94. The molecule has 1 unspecified atom stereocenters. The van der Waals surface area contributed by atoms with E-state index in [1.807, 2.05) is 24.3 Å². The molecule has 3 rings (SSSR count). The van der Waals surface area contributed by atoms with E-state index in [2.05, 4.69) is 17.5 Å². The molecular weight excluding hydrogens is 262 g/mol. The van der Waals surface area contributed by atoms with E-state index in [1.165, 1.54) is 14.3 Å². The summed E-state index contributed by atoms with van der Waals surface area (Å²) < 4.78 is 7.86. The van der Waals surface area contributed by atoms with Crippen molar-refractivity contribution < 1.29 is 4.74 Å². The molecule has 92 valence electrons. The van der Waals surface area contributed by atoms with Gasteiger partial charge in [-0.25, -0.2) is 0 Å². The van der Waals surface area contributed by atoms with Crippen LogP contribution in [0.5, 0.6) is 5.75 Å². The molecule has 0 saturated heterocycles. The molecule has 1 atom stereocenters. The summed E-state index contributed by atoms with van der Waals surface area (Å²) in [5.74, 6) is 0.848. The van der Waals surface area contributed by atoms with Gasteiger partial charge in [0.15, 0.2) is 0 Å². The normalized spacial score (nSPS) is 12.8. The third-order valence-corrected chi connectivity index (χ3v) is 5.09. The van der Waals surface area contributed by atoms with Gasteiger partial charge in [-0.2, -0.15) is 0 Å². The van der Waals surface area contributed by atoms with Crippen molar-refractivity contribution in [2.45, 2.75) is 6.04 Å². The maximum absolute atomic E-state index is 6.32. The van der Waals surface area contributed by atoms with E-state index in [0.717, 1.165) is 11.3 Å². The summed E-state index contributed by atoms with van der Waals surface area (Å²) in [4.78, 5) is 1.20. The van der Waals surface area contributed by atoms with Crippen LogP contribution in [0.25, 0.3) is 9.40 Å². The fraction of sp³-hybridized carbons (Fsp3) is 0.143.